The molecule has 6 heteroatoms. The van der Waals surface area contributed by atoms with E-state index in [4.69, 9.17) is 19.5 Å². The summed E-state index contributed by atoms with van der Waals surface area (Å²) in [4.78, 5) is 0. The standard InChI is InChI=1S/C24H27F2NO3/c1-2-3-4-5-6-20-15-30-22(16-28-20)18-9-7-17(8-10-18)14-29-21-12-11-19(13-27)23(25)24(21)26/h7-12,20,22H,2-6,14-16H2,1H3. The highest BCUT2D eigenvalue weighted by Crippen LogP contribution is 2.26. The zero-order valence-corrected chi connectivity index (χ0v) is 17.2. The van der Waals surface area contributed by atoms with Crippen molar-refractivity contribution in [1.82, 2.24) is 0 Å². The molecule has 160 valence electrons. The van der Waals surface area contributed by atoms with Crippen LogP contribution in [0.15, 0.2) is 36.4 Å². The molecule has 0 spiro atoms. The Hall–Kier alpha value is -2.49. The highest BCUT2D eigenvalue weighted by atomic mass is 19.2. The Bertz CT molecular complexity index is 856. The number of unbranched alkanes of at least 4 members (excludes halogenated alkanes) is 3. The first-order valence-corrected chi connectivity index (χ1v) is 10.4. The van der Waals surface area contributed by atoms with Gasteiger partial charge in [-0.15, -0.1) is 0 Å². The molecule has 0 bridgehead atoms. The van der Waals surface area contributed by atoms with E-state index in [0.717, 1.165) is 17.5 Å². The van der Waals surface area contributed by atoms with Crippen molar-refractivity contribution in [2.24, 2.45) is 0 Å². The first-order valence-electron chi connectivity index (χ1n) is 10.4. The lowest BCUT2D eigenvalue weighted by Gasteiger charge is -2.30. The lowest BCUT2D eigenvalue weighted by atomic mass is 10.1. The van der Waals surface area contributed by atoms with Crippen LogP contribution in [0.1, 0.15) is 61.8 Å². The summed E-state index contributed by atoms with van der Waals surface area (Å²) in [5, 5.41) is 8.73. The highest BCUT2D eigenvalue weighted by molar-refractivity contribution is 5.38. The van der Waals surface area contributed by atoms with E-state index in [0.29, 0.717) is 13.2 Å². The molecule has 4 nitrogen and oxygen atoms in total. The van der Waals surface area contributed by atoms with E-state index in [-0.39, 0.29) is 30.1 Å². The number of nitrogens with zero attached hydrogens (tertiary/aromatic N) is 1. The minimum atomic E-state index is -1.19. The van der Waals surface area contributed by atoms with Crippen molar-refractivity contribution in [3.8, 4) is 11.8 Å². The summed E-state index contributed by atoms with van der Waals surface area (Å²) in [5.41, 5.74) is 1.48. The average Bonchev–Trinajstić information content (AvgIpc) is 2.79. The third-order valence-corrected chi connectivity index (χ3v) is 5.26. The van der Waals surface area contributed by atoms with Crippen LogP contribution in [-0.4, -0.2) is 19.3 Å². The van der Waals surface area contributed by atoms with Gasteiger partial charge < -0.3 is 14.2 Å². The molecule has 1 saturated heterocycles. The van der Waals surface area contributed by atoms with Crippen molar-refractivity contribution in [1.29, 1.82) is 5.26 Å². The van der Waals surface area contributed by atoms with E-state index in [1.165, 1.54) is 37.8 Å². The van der Waals surface area contributed by atoms with Gasteiger partial charge in [0, 0.05) is 0 Å². The first kappa shape index (κ1) is 22.2. The summed E-state index contributed by atoms with van der Waals surface area (Å²) in [6.07, 6.45) is 6.01. The van der Waals surface area contributed by atoms with Crippen molar-refractivity contribution in [2.75, 3.05) is 13.2 Å². The maximum atomic E-state index is 13.9. The molecule has 30 heavy (non-hydrogen) atoms. The minimum absolute atomic E-state index is 0.0877. The third-order valence-electron chi connectivity index (χ3n) is 5.26. The summed E-state index contributed by atoms with van der Waals surface area (Å²) in [7, 11) is 0. The van der Waals surface area contributed by atoms with Gasteiger partial charge in [0.2, 0.25) is 5.82 Å². The van der Waals surface area contributed by atoms with Crippen molar-refractivity contribution in [2.45, 2.75) is 57.8 Å². The fraction of sp³-hybridized carbons (Fsp3) is 0.458. The number of halogens is 2. The van der Waals surface area contributed by atoms with Crippen molar-refractivity contribution >= 4 is 0 Å². The number of hydrogen-bond acceptors (Lipinski definition) is 4. The summed E-state index contributed by atoms with van der Waals surface area (Å²) in [6, 6.07) is 11.7. The summed E-state index contributed by atoms with van der Waals surface area (Å²) in [5.74, 6) is -2.56. The maximum Gasteiger partial charge on any atom is 0.202 e. The Labute approximate surface area is 176 Å². The van der Waals surface area contributed by atoms with Gasteiger partial charge in [-0.3, -0.25) is 0 Å². The third kappa shape index (κ3) is 5.78. The summed E-state index contributed by atoms with van der Waals surface area (Å²) in [6.45, 7) is 3.42. The first-order chi connectivity index (χ1) is 14.6. The van der Waals surface area contributed by atoms with E-state index >= 15 is 0 Å². The smallest absolute Gasteiger partial charge is 0.202 e. The SMILES string of the molecule is CCCCCCC1COC(c2ccc(COc3ccc(C#N)c(F)c3F)cc2)CO1. The van der Waals surface area contributed by atoms with Gasteiger partial charge in [0.15, 0.2) is 11.6 Å². The molecule has 1 aliphatic heterocycles. The van der Waals surface area contributed by atoms with Crippen molar-refractivity contribution in [3.05, 3.63) is 64.7 Å². The van der Waals surface area contributed by atoms with Crippen LogP contribution in [0.5, 0.6) is 5.75 Å². The zero-order chi connectivity index (χ0) is 21.3. The van der Waals surface area contributed by atoms with E-state index in [1.54, 1.807) is 6.07 Å². The second-order valence-corrected chi connectivity index (χ2v) is 7.51. The molecule has 0 saturated carbocycles. The predicted molar refractivity (Wildman–Crippen MR) is 109 cm³/mol. The molecule has 2 aromatic rings. The van der Waals surface area contributed by atoms with Crippen LogP contribution in [0.3, 0.4) is 0 Å². The minimum Gasteiger partial charge on any atom is -0.486 e. The molecular weight excluding hydrogens is 388 g/mol. The van der Waals surface area contributed by atoms with Gasteiger partial charge in [-0.25, -0.2) is 4.39 Å². The van der Waals surface area contributed by atoms with Gasteiger partial charge in [-0.2, -0.15) is 9.65 Å². The molecule has 3 rings (SSSR count). The van der Waals surface area contributed by atoms with Crippen LogP contribution >= 0.6 is 0 Å². The van der Waals surface area contributed by atoms with E-state index in [9.17, 15) is 8.78 Å². The fourth-order valence-electron chi connectivity index (χ4n) is 3.42. The normalized spacial score (nSPS) is 18.7. The number of ether oxygens (including phenoxy) is 3. The Kier molecular flexibility index (Phi) is 8.18. The molecule has 2 aromatic carbocycles. The Morgan fingerprint density at radius 1 is 1.00 bits per heavy atom. The molecular formula is C24H27F2NO3. The Morgan fingerprint density at radius 3 is 2.47 bits per heavy atom. The number of rotatable bonds is 9. The maximum absolute atomic E-state index is 13.9. The van der Waals surface area contributed by atoms with Crippen LogP contribution in [0.4, 0.5) is 8.78 Å². The summed E-state index contributed by atoms with van der Waals surface area (Å²) >= 11 is 0. The van der Waals surface area contributed by atoms with Gasteiger partial charge in [-0.05, 0) is 29.7 Å². The average molecular weight is 415 g/mol. The molecule has 1 aliphatic rings. The van der Waals surface area contributed by atoms with Gasteiger partial charge in [-0.1, -0.05) is 56.9 Å². The van der Waals surface area contributed by atoms with Crippen LogP contribution in [0, 0.1) is 23.0 Å². The van der Waals surface area contributed by atoms with Gasteiger partial charge >= 0.3 is 0 Å². The van der Waals surface area contributed by atoms with Crippen LogP contribution in [-0.2, 0) is 16.1 Å². The van der Waals surface area contributed by atoms with Gasteiger partial charge in [0.1, 0.15) is 18.8 Å². The van der Waals surface area contributed by atoms with E-state index in [1.807, 2.05) is 24.3 Å². The van der Waals surface area contributed by atoms with Crippen LogP contribution < -0.4 is 4.74 Å². The second-order valence-electron chi connectivity index (χ2n) is 7.51. The molecule has 0 aromatic heterocycles. The lowest BCUT2D eigenvalue weighted by molar-refractivity contribution is -0.137. The fourth-order valence-corrected chi connectivity index (χ4v) is 3.42. The Balaban J connectivity index is 1.48. The summed E-state index contributed by atoms with van der Waals surface area (Å²) < 4.78 is 44.9. The molecule has 2 atom stereocenters. The quantitative estimate of drug-likeness (QED) is 0.483. The molecule has 0 aliphatic carbocycles. The molecule has 0 N–H and O–H groups in total. The number of hydrogen-bond donors (Lipinski definition) is 0. The molecule has 2 unspecified atom stereocenters. The molecule has 0 amide bonds. The van der Waals surface area contributed by atoms with Gasteiger partial charge in [0.25, 0.3) is 0 Å². The molecule has 0 radical (unpaired) electrons. The highest BCUT2D eigenvalue weighted by Gasteiger charge is 2.23. The van der Waals surface area contributed by atoms with E-state index < -0.39 is 11.6 Å². The van der Waals surface area contributed by atoms with E-state index in [2.05, 4.69) is 6.92 Å². The molecule has 1 heterocycles. The number of nitriles is 1. The second kappa shape index (κ2) is 11.1. The molecule has 1 fully saturated rings. The number of benzene rings is 2. The Morgan fingerprint density at radius 2 is 1.80 bits per heavy atom. The van der Waals surface area contributed by atoms with Crippen LogP contribution in [0.25, 0.3) is 0 Å². The largest absolute Gasteiger partial charge is 0.486 e. The van der Waals surface area contributed by atoms with Crippen LogP contribution in [0.2, 0.25) is 0 Å². The predicted octanol–water partition coefficient (Wildman–Crippen LogP) is 5.84. The lowest BCUT2D eigenvalue weighted by Crippen LogP contribution is -2.31. The van der Waals surface area contributed by atoms with Gasteiger partial charge in [0.05, 0.1) is 24.9 Å². The van der Waals surface area contributed by atoms with Crippen molar-refractivity contribution in [3.63, 3.8) is 0 Å². The monoisotopic (exact) mass is 415 g/mol. The topological polar surface area (TPSA) is 51.5 Å². The van der Waals surface area contributed by atoms with Crippen molar-refractivity contribution < 1.29 is 23.0 Å². The zero-order valence-electron chi connectivity index (χ0n) is 17.2.